The summed E-state index contributed by atoms with van der Waals surface area (Å²) in [4.78, 5) is 31.4. The molecule has 4 aromatic rings. The number of fused-ring (bicyclic) bond motifs is 3. The Balaban J connectivity index is 0.00000306. The average Bonchev–Trinajstić information content (AvgIpc) is 2.78. The molecule has 0 bridgehead atoms. The van der Waals surface area contributed by atoms with Gasteiger partial charge in [0, 0.05) is 34.3 Å². The van der Waals surface area contributed by atoms with Crippen LogP contribution in [0.15, 0.2) is 58.4 Å². The Morgan fingerprint density at radius 3 is 2.52 bits per heavy atom. The fourth-order valence-electron chi connectivity index (χ4n) is 3.48. The van der Waals surface area contributed by atoms with E-state index in [-0.39, 0.29) is 17.9 Å². The van der Waals surface area contributed by atoms with E-state index in [1.807, 2.05) is 25.1 Å². The van der Waals surface area contributed by atoms with Crippen molar-refractivity contribution >= 4 is 44.5 Å². The summed E-state index contributed by atoms with van der Waals surface area (Å²) in [6, 6.07) is 12.0. The molecular formula is C24H21N4O4S-. The lowest BCUT2D eigenvalue weighted by Gasteiger charge is -2.13. The van der Waals surface area contributed by atoms with E-state index in [4.69, 9.17) is 5.73 Å². The zero-order valence-electron chi connectivity index (χ0n) is 16.9. The van der Waals surface area contributed by atoms with Crippen LogP contribution < -0.4 is 16.6 Å². The van der Waals surface area contributed by atoms with E-state index in [0.29, 0.717) is 34.2 Å². The SMILES string of the molecule is C.CCNc1nc2c(C#CC(N)=O)c[nH]c(=O)c2c2cc(-c3ccc(S(=O)[O-])cc3)ccc12. The van der Waals surface area contributed by atoms with Gasteiger partial charge in [-0.05, 0) is 47.3 Å². The minimum absolute atomic E-state index is 0. The van der Waals surface area contributed by atoms with Gasteiger partial charge in [0.1, 0.15) is 5.82 Å². The fraction of sp³-hybridized carbons (Fsp3) is 0.125. The van der Waals surface area contributed by atoms with Crippen molar-refractivity contribution < 1.29 is 13.6 Å². The summed E-state index contributed by atoms with van der Waals surface area (Å²) in [7, 11) is 0. The van der Waals surface area contributed by atoms with Gasteiger partial charge in [0.2, 0.25) is 0 Å². The van der Waals surface area contributed by atoms with Gasteiger partial charge in [-0.1, -0.05) is 37.6 Å². The van der Waals surface area contributed by atoms with Gasteiger partial charge < -0.3 is 20.6 Å². The lowest BCUT2D eigenvalue weighted by Crippen LogP contribution is -2.11. The van der Waals surface area contributed by atoms with Gasteiger partial charge in [-0.25, -0.2) is 4.98 Å². The van der Waals surface area contributed by atoms with E-state index < -0.39 is 17.0 Å². The van der Waals surface area contributed by atoms with Crippen LogP contribution in [0.1, 0.15) is 19.9 Å². The average molecular weight is 462 g/mol. The summed E-state index contributed by atoms with van der Waals surface area (Å²) >= 11 is -2.31. The molecule has 0 aliphatic carbocycles. The van der Waals surface area contributed by atoms with Gasteiger partial charge in [-0.3, -0.25) is 13.8 Å². The standard InChI is InChI=1S/C23H18N4O4S.CH4/c1-2-25-22-17-9-5-14(13-3-7-16(8-4-13)32(30)31)11-18(17)20-21(27-22)15(6-10-19(24)28)12-26-23(20)29;/h3-5,7-9,11-12H,2H2,1H3,(H2,24,28)(H,25,27)(H,26,29)(H,30,31);1H4/p-1. The number of carbonyl (C=O) groups is 1. The van der Waals surface area contributed by atoms with Gasteiger partial charge in [-0.2, -0.15) is 0 Å². The minimum Gasteiger partial charge on any atom is -0.768 e. The molecule has 0 saturated heterocycles. The molecular weight excluding hydrogens is 440 g/mol. The van der Waals surface area contributed by atoms with Gasteiger partial charge in [0.25, 0.3) is 11.5 Å². The molecule has 0 radical (unpaired) electrons. The lowest BCUT2D eigenvalue weighted by atomic mass is 9.99. The maximum atomic E-state index is 12.8. The van der Waals surface area contributed by atoms with Crippen molar-refractivity contribution in [1.82, 2.24) is 9.97 Å². The maximum Gasteiger partial charge on any atom is 0.293 e. The molecule has 168 valence electrons. The van der Waals surface area contributed by atoms with Gasteiger partial charge in [-0.15, -0.1) is 0 Å². The highest BCUT2D eigenvalue weighted by Crippen LogP contribution is 2.32. The first-order valence-electron chi connectivity index (χ1n) is 9.63. The second kappa shape index (κ2) is 9.65. The van der Waals surface area contributed by atoms with Crippen LogP contribution in [0.5, 0.6) is 0 Å². The molecule has 4 rings (SSSR count). The topological polar surface area (TPSA) is 141 Å². The Kier molecular flexibility index (Phi) is 6.92. The maximum absolute atomic E-state index is 12.8. The number of primary amides is 1. The summed E-state index contributed by atoms with van der Waals surface area (Å²) in [6.07, 6.45) is 1.40. The second-order valence-corrected chi connectivity index (χ2v) is 7.82. The van der Waals surface area contributed by atoms with Gasteiger partial charge >= 0.3 is 0 Å². The minimum atomic E-state index is -2.31. The Morgan fingerprint density at radius 2 is 1.88 bits per heavy atom. The van der Waals surface area contributed by atoms with Crippen molar-refractivity contribution in [2.45, 2.75) is 19.2 Å². The van der Waals surface area contributed by atoms with Crippen molar-refractivity contribution in [3.8, 4) is 23.0 Å². The van der Waals surface area contributed by atoms with Crippen LogP contribution in [0.2, 0.25) is 0 Å². The van der Waals surface area contributed by atoms with Crippen LogP contribution in [-0.4, -0.2) is 31.2 Å². The van der Waals surface area contributed by atoms with Crippen molar-refractivity contribution in [2.24, 2.45) is 5.73 Å². The lowest BCUT2D eigenvalue weighted by molar-refractivity contribution is -0.112. The first kappa shape index (κ1) is 23.7. The predicted octanol–water partition coefficient (Wildman–Crippen LogP) is 2.89. The molecule has 4 N–H and O–H groups in total. The molecule has 2 heterocycles. The van der Waals surface area contributed by atoms with Crippen LogP contribution in [0, 0.1) is 11.8 Å². The van der Waals surface area contributed by atoms with E-state index >= 15 is 0 Å². The number of nitrogens with two attached hydrogens (primary N) is 1. The molecule has 1 atom stereocenters. The number of hydrogen-bond acceptors (Lipinski definition) is 6. The molecule has 1 amide bonds. The highest BCUT2D eigenvalue weighted by molar-refractivity contribution is 7.79. The Hall–Kier alpha value is -4.00. The Morgan fingerprint density at radius 1 is 1.18 bits per heavy atom. The number of H-pyrrole nitrogens is 1. The van der Waals surface area contributed by atoms with Crippen LogP contribution in [-0.2, 0) is 15.9 Å². The normalized spacial score (nSPS) is 11.3. The molecule has 0 spiro atoms. The molecule has 2 aromatic heterocycles. The molecule has 0 saturated carbocycles. The third-order valence-corrected chi connectivity index (χ3v) is 5.54. The Labute approximate surface area is 192 Å². The highest BCUT2D eigenvalue weighted by Gasteiger charge is 2.15. The zero-order chi connectivity index (χ0) is 22.8. The van der Waals surface area contributed by atoms with Crippen LogP contribution in [0.3, 0.4) is 0 Å². The Bertz CT molecular complexity index is 1520. The number of nitrogens with one attached hydrogen (secondary N) is 2. The van der Waals surface area contributed by atoms with Crippen LogP contribution in [0.25, 0.3) is 32.8 Å². The molecule has 0 aliphatic heterocycles. The second-order valence-electron chi connectivity index (χ2n) is 6.88. The summed E-state index contributed by atoms with van der Waals surface area (Å²) in [5.74, 6) is 4.73. The van der Waals surface area contributed by atoms with E-state index in [9.17, 15) is 18.4 Å². The molecule has 1 unspecified atom stereocenters. The van der Waals surface area contributed by atoms with Crippen molar-refractivity contribution in [3.05, 3.63) is 64.6 Å². The number of aromatic amines is 1. The third kappa shape index (κ3) is 4.62. The predicted molar refractivity (Wildman–Crippen MR) is 129 cm³/mol. The molecule has 33 heavy (non-hydrogen) atoms. The number of rotatable bonds is 4. The first-order valence-corrected chi connectivity index (χ1v) is 10.7. The number of pyridine rings is 2. The summed E-state index contributed by atoms with van der Waals surface area (Å²) in [6.45, 7) is 2.54. The third-order valence-electron chi connectivity index (χ3n) is 4.88. The molecule has 0 fully saturated rings. The van der Waals surface area contributed by atoms with Crippen LogP contribution >= 0.6 is 0 Å². The summed E-state index contributed by atoms with van der Waals surface area (Å²) in [5, 5.41) is 4.92. The number of carbonyl (C=O) groups excluding carboxylic acids is 1. The summed E-state index contributed by atoms with van der Waals surface area (Å²) in [5.41, 5.74) is 7.09. The molecule has 0 aliphatic rings. The van der Waals surface area contributed by atoms with E-state index in [2.05, 4.69) is 27.1 Å². The number of nitrogens with zero attached hydrogens (tertiary/aromatic N) is 1. The highest BCUT2D eigenvalue weighted by atomic mass is 32.2. The van der Waals surface area contributed by atoms with Crippen molar-refractivity contribution in [2.75, 3.05) is 11.9 Å². The largest absolute Gasteiger partial charge is 0.768 e. The summed E-state index contributed by atoms with van der Waals surface area (Å²) < 4.78 is 22.3. The molecule has 2 aromatic carbocycles. The number of hydrogen-bond donors (Lipinski definition) is 3. The van der Waals surface area contributed by atoms with Gasteiger partial charge in [0.15, 0.2) is 0 Å². The van der Waals surface area contributed by atoms with E-state index in [1.54, 1.807) is 12.1 Å². The fourth-order valence-corrected chi connectivity index (χ4v) is 3.84. The van der Waals surface area contributed by atoms with Crippen molar-refractivity contribution in [3.63, 3.8) is 0 Å². The van der Waals surface area contributed by atoms with E-state index in [1.165, 1.54) is 18.3 Å². The number of amides is 1. The van der Waals surface area contributed by atoms with Gasteiger partial charge in [0.05, 0.1) is 16.5 Å². The number of anilines is 1. The molecule has 9 heteroatoms. The quantitative estimate of drug-likeness (QED) is 0.242. The molecule has 8 nitrogen and oxygen atoms in total. The van der Waals surface area contributed by atoms with E-state index in [0.717, 1.165) is 16.5 Å². The smallest absolute Gasteiger partial charge is 0.293 e. The number of benzene rings is 2. The van der Waals surface area contributed by atoms with Crippen LogP contribution in [0.4, 0.5) is 5.82 Å². The van der Waals surface area contributed by atoms with Crippen molar-refractivity contribution in [1.29, 1.82) is 0 Å². The monoisotopic (exact) mass is 461 g/mol. The first-order chi connectivity index (χ1) is 15.4. The number of aromatic nitrogens is 2. The zero-order valence-corrected chi connectivity index (χ0v) is 17.7.